The smallest absolute Gasteiger partial charge is 0.244 e. The first-order valence-electron chi connectivity index (χ1n) is 12.7. The lowest BCUT2D eigenvalue weighted by Gasteiger charge is -2.39. The predicted octanol–water partition coefficient (Wildman–Crippen LogP) is 2.08. The first-order valence-corrected chi connectivity index (χ1v) is 13.6. The number of amides is 3. The van der Waals surface area contributed by atoms with Crippen molar-refractivity contribution in [1.82, 2.24) is 15.5 Å². The van der Waals surface area contributed by atoms with E-state index in [0.717, 1.165) is 37.7 Å². The molecule has 5 rings (SSSR count). The SMILES string of the molecule is CC1C[C@H]2SC13C(C(=O)NC1CCCCC1)N(CCO)C(=O)[C@@H]3[C@H]2C(=O)NCc1ccccc1. The van der Waals surface area contributed by atoms with Gasteiger partial charge in [0, 0.05) is 24.4 Å². The van der Waals surface area contributed by atoms with Gasteiger partial charge in [-0.25, -0.2) is 0 Å². The van der Waals surface area contributed by atoms with Crippen LogP contribution in [0.2, 0.25) is 0 Å². The molecule has 3 aliphatic heterocycles. The monoisotopic (exact) mass is 485 g/mol. The Kier molecular flexibility index (Phi) is 6.64. The van der Waals surface area contributed by atoms with Gasteiger partial charge in [-0.05, 0) is 30.7 Å². The molecule has 3 amide bonds. The van der Waals surface area contributed by atoms with Gasteiger partial charge in [-0.1, -0.05) is 56.5 Å². The van der Waals surface area contributed by atoms with E-state index in [-0.39, 0.29) is 48.1 Å². The molecule has 184 valence electrons. The highest BCUT2D eigenvalue weighted by atomic mass is 32.2. The van der Waals surface area contributed by atoms with Crippen molar-refractivity contribution >= 4 is 29.5 Å². The molecule has 1 aromatic carbocycles. The molecule has 1 aromatic rings. The van der Waals surface area contributed by atoms with Crippen molar-refractivity contribution in [3.05, 3.63) is 35.9 Å². The molecular weight excluding hydrogens is 450 g/mol. The van der Waals surface area contributed by atoms with Gasteiger partial charge in [-0.15, -0.1) is 11.8 Å². The molecule has 3 unspecified atom stereocenters. The summed E-state index contributed by atoms with van der Waals surface area (Å²) in [7, 11) is 0. The van der Waals surface area contributed by atoms with E-state index >= 15 is 0 Å². The van der Waals surface area contributed by atoms with Gasteiger partial charge in [0.05, 0.1) is 23.2 Å². The van der Waals surface area contributed by atoms with Gasteiger partial charge in [-0.3, -0.25) is 14.4 Å². The number of nitrogens with one attached hydrogen (secondary N) is 2. The molecule has 8 heteroatoms. The fraction of sp³-hybridized carbons (Fsp3) is 0.654. The van der Waals surface area contributed by atoms with Gasteiger partial charge in [0.1, 0.15) is 6.04 Å². The highest BCUT2D eigenvalue weighted by Gasteiger charge is 2.75. The van der Waals surface area contributed by atoms with Crippen LogP contribution < -0.4 is 10.6 Å². The van der Waals surface area contributed by atoms with Crippen molar-refractivity contribution in [2.24, 2.45) is 17.8 Å². The molecule has 4 aliphatic rings. The largest absolute Gasteiger partial charge is 0.395 e. The minimum atomic E-state index is -0.643. The molecule has 4 fully saturated rings. The summed E-state index contributed by atoms with van der Waals surface area (Å²) in [6, 6.07) is 9.25. The zero-order valence-electron chi connectivity index (χ0n) is 19.7. The number of benzene rings is 1. The maximum Gasteiger partial charge on any atom is 0.244 e. The lowest BCUT2D eigenvalue weighted by Crippen LogP contribution is -2.58. The van der Waals surface area contributed by atoms with Gasteiger partial charge in [0.2, 0.25) is 17.7 Å². The van der Waals surface area contributed by atoms with Gasteiger partial charge in [0.25, 0.3) is 0 Å². The summed E-state index contributed by atoms with van der Waals surface area (Å²) in [5.74, 6) is -1.21. The zero-order valence-corrected chi connectivity index (χ0v) is 20.6. The van der Waals surface area contributed by atoms with E-state index in [9.17, 15) is 19.5 Å². The molecule has 3 N–H and O–H groups in total. The van der Waals surface area contributed by atoms with Crippen LogP contribution in [0.15, 0.2) is 30.3 Å². The van der Waals surface area contributed by atoms with Crippen LogP contribution in [0.5, 0.6) is 0 Å². The number of hydrogen-bond donors (Lipinski definition) is 3. The minimum Gasteiger partial charge on any atom is -0.395 e. The number of β-amino-alcohol motifs (C(OH)–C–C–N with tert-alkyl or cyclic N) is 1. The summed E-state index contributed by atoms with van der Waals surface area (Å²) in [4.78, 5) is 42.4. The molecule has 34 heavy (non-hydrogen) atoms. The second-order valence-electron chi connectivity index (χ2n) is 10.4. The summed E-state index contributed by atoms with van der Waals surface area (Å²) in [6.07, 6.45) is 6.18. The quantitative estimate of drug-likeness (QED) is 0.549. The average Bonchev–Trinajstić information content (AvgIpc) is 3.43. The number of nitrogens with zero attached hydrogens (tertiary/aromatic N) is 1. The van der Waals surface area contributed by atoms with Crippen molar-refractivity contribution in [3.8, 4) is 0 Å². The van der Waals surface area contributed by atoms with Crippen LogP contribution in [0.4, 0.5) is 0 Å². The predicted molar refractivity (Wildman–Crippen MR) is 131 cm³/mol. The highest BCUT2D eigenvalue weighted by Crippen LogP contribution is 2.68. The minimum absolute atomic E-state index is 0.0287. The topological polar surface area (TPSA) is 98.7 Å². The van der Waals surface area contributed by atoms with Crippen LogP contribution in [0.25, 0.3) is 0 Å². The zero-order chi connectivity index (χ0) is 23.9. The number of carbonyl (C=O) groups excluding carboxylic acids is 3. The fourth-order valence-corrected chi connectivity index (χ4v) is 9.32. The van der Waals surface area contributed by atoms with E-state index in [0.29, 0.717) is 6.54 Å². The first kappa shape index (κ1) is 23.7. The summed E-state index contributed by atoms with van der Waals surface area (Å²) >= 11 is 1.68. The van der Waals surface area contributed by atoms with Crippen LogP contribution in [0, 0.1) is 17.8 Å². The molecule has 0 radical (unpaired) electrons. The number of carbonyl (C=O) groups is 3. The molecule has 3 saturated heterocycles. The van der Waals surface area contributed by atoms with Crippen LogP contribution >= 0.6 is 11.8 Å². The molecule has 2 bridgehead atoms. The van der Waals surface area contributed by atoms with Crippen molar-refractivity contribution in [3.63, 3.8) is 0 Å². The highest BCUT2D eigenvalue weighted by molar-refractivity contribution is 8.02. The fourth-order valence-electron chi connectivity index (χ4n) is 6.90. The maximum atomic E-state index is 13.7. The van der Waals surface area contributed by atoms with Crippen LogP contribution in [0.3, 0.4) is 0 Å². The van der Waals surface area contributed by atoms with E-state index in [4.69, 9.17) is 0 Å². The number of aliphatic hydroxyl groups is 1. The summed E-state index contributed by atoms with van der Waals surface area (Å²) < 4.78 is -0.621. The van der Waals surface area contributed by atoms with Gasteiger partial charge in [-0.2, -0.15) is 0 Å². The Bertz CT molecular complexity index is 937. The number of aliphatic hydroxyl groups excluding tert-OH is 1. The summed E-state index contributed by atoms with van der Waals surface area (Å²) in [5.41, 5.74) is 1.01. The Morgan fingerprint density at radius 1 is 1.15 bits per heavy atom. The maximum absolute atomic E-state index is 13.7. The second kappa shape index (κ2) is 9.53. The van der Waals surface area contributed by atoms with E-state index in [2.05, 4.69) is 17.6 Å². The molecule has 1 saturated carbocycles. The Morgan fingerprint density at radius 3 is 2.59 bits per heavy atom. The Labute approximate surface area is 205 Å². The van der Waals surface area contributed by atoms with E-state index in [1.807, 2.05) is 30.3 Å². The molecule has 3 heterocycles. The van der Waals surface area contributed by atoms with Gasteiger partial charge >= 0.3 is 0 Å². The Morgan fingerprint density at radius 2 is 1.88 bits per heavy atom. The summed E-state index contributed by atoms with van der Waals surface area (Å²) in [6.45, 7) is 2.46. The lowest BCUT2D eigenvalue weighted by atomic mass is 9.65. The van der Waals surface area contributed by atoms with Crippen LogP contribution in [-0.2, 0) is 20.9 Å². The first-order chi connectivity index (χ1) is 16.5. The normalized spacial score (nSPS) is 34.8. The molecular formula is C26H35N3O4S. The third kappa shape index (κ3) is 3.83. The van der Waals surface area contributed by atoms with E-state index < -0.39 is 22.6 Å². The third-order valence-corrected chi connectivity index (χ3v) is 10.5. The van der Waals surface area contributed by atoms with Crippen LogP contribution in [0.1, 0.15) is 51.0 Å². The number of thioether (sulfide) groups is 1. The third-order valence-electron chi connectivity index (χ3n) is 8.40. The summed E-state index contributed by atoms with van der Waals surface area (Å²) in [5, 5.41) is 16.1. The Balaban J connectivity index is 1.40. The molecule has 0 aromatic heterocycles. The standard InChI is InChI=1S/C26H35N3O4S/c1-16-14-19-20(23(31)27-15-17-8-4-2-5-9-17)21-25(33)29(12-13-30)22(26(16,21)34-19)24(32)28-18-10-6-3-7-11-18/h2,4-5,8-9,16,18-22,30H,3,6-7,10-15H2,1H3,(H,27,31)(H,28,32)/t16?,19-,20+,21+,22?,26?/m1/s1. The molecule has 6 atom stereocenters. The van der Waals surface area contributed by atoms with Crippen LogP contribution in [-0.4, -0.2) is 63.0 Å². The van der Waals surface area contributed by atoms with Crippen molar-refractivity contribution < 1.29 is 19.5 Å². The van der Waals surface area contributed by atoms with Gasteiger partial charge in [0.15, 0.2) is 0 Å². The van der Waals surface area contributed by atoms with Gasteiger partial charge < -0.3 is 20.6 Å². The lowest BCUT2D eigenvalue weighted by molar-refractivity contribution is -0.140. The Hall–Kier alpha value is -2.06. The van der Waals surface area contributed by atoms with E-state index in [1.165, 1.54) is 6.42 Å². The molecule has 7 nitrogen and oxygen atoms in total. The molecule has 1 aliphatic carbocycles. The van der Waals surface area contributed by atoms with Crippen molar-refractivity contribution in [2.75, 3.05) is 13.2 Å². The molecule has 1 spiro atoms. The number of fused-ring (bicyclic) bond motifs is 1. The number of hydrogen-bond acceptors (Lipinski definition) is 5. The van der Waals surface area contributed by atoms with E-state index in [1.54, 1.807) is 16.7 Å². The number of rotatable bonds is 7. The number of likely N-dealkylation sites (tertiary alicyclic amines) is 1. The van der Waals surface area contributed by atoms with Crippen molar-refractivity contribution in [2.45, 2.75) is 74.1 Å². The van der Waals surface area contributed by atoms with Crippen molar-refractivity contribution in [1.29, 1.82) is 0 Å². The average molecular weight is 486 g/mol. The second-order valence-corrected chi connectivity index (χ2v) is 11.9.